The number of benzene rings is 2. The molecule has 7 heteroatoms. The number of sulfone groups is 1. The Kier molecular flexibility index (Phi) is 5.85. The molecule has 24 heavy (non-hydrogen) atoms. The van der Waals surface area contributed by atoms with Gasteiger partial charge in [-0.3, -0.25) is 4.79 Å². The molecule has 0 atom stereocenters. The summed E-state index contributed by atoms with van der Waals surface area (Å²) in [7, 11) is -3.43. The van der Waals surface area contributed by atoms with Gasteiger partial charge in [0.15, 0.2) is 16.4 Å². The summed E-state index contributed by atoms with van der Waals surface area (Å²) in [4.78, 5) is 12.1. The minimum Gasteiger partial charge on any atom is -0.484 e. The van der Waals surface area contributed by atoms with Gasteiger partial charge in [0.1, 0.15) is 5.75 Å². The fraction of sp³-hybridized carbons (Fsp3) is 0.235. The maximum Gasteiger partial charge on any atom is 0.262 e. The van der Waals surface area contributed by atoms with E-state index >= 15 is 0 Å². The molecular weight excluding hydrogens is 350 g/mol. The zero-order valence-corrected chi connectivity index (χ0v) is 14.9. The molecule has 0 aromatic heterocycles. The van der Waals surface area contributed by atoms with Crippen LogP contribution in [-0.2, 0) is 21.1 Å². The number of carbonyl (C=O) groups excluding carboxylic acids is 1. The number of halogens is 1. The number of para-hydroxylation sites is 1. The molecule has 2 aromatic rings. The number of anilines is 1. The molecule has 5 nitrogen and oxygen atoms in total. The van der Waals surface area contributed by atoms with E-state index in [4.69, 9.17) is 16.3 Å². The third kappa shape index (κ3) is 4.72. The highest BCUT2D eigenvalue weighted by Gasteiger charge is 2.14. The lowest BCUT2D eigenvalue weighted by Gasteiger charge is -2.11. The van der Waals surface area contributed by atoms with Gasteiger partial charge in [-0.25, -0.2) is 8.42 Å². The van der Waals surface area contributed by atoms with E-state index in [0.717, 1.165) is 18.2 Å². The number of rotatable bonds is 6. The molecule has 1 amide bonds. The van der Waals surface area contributed by atoms with Crippen LogP contribution in [-0.4, -0.2) is 27.2 Å². The zero-order chi connectivity index (χ0) is 17.7. The summed E-state index contributed by atoms with van der Waals surface area (Å²) in [5.41, 5.74) is 1.16. The summed E-state index contributed by atoms with van der Waals surface area (Å²) in [6.07, 6.45) is 1.85. The number of hydrogen-bond donors (Lipinski definition) is 1. The highest BCUT2D eigenvalue weighted by Crippen LogP contribution is 2.23. The fourth-order valence-corrected chi connectivity index (χ4v) is 3.24. The molecule has 0 radical (unpaired) electrons. The Morgan fingerprint density at radius 3 is 2.58 bits per heavy atom. The van der Waals surface area contributed by atoms with Crippen molar-refractivity contribution in [2.45, 2.75) is 18.2 Å². The van der Waals surface area contributed by atoms with Crippen LogP contribution < -0.4 is 10.1 Å². The highest BCUT2D eigenvalue weighted by molar-refractivity contribution is 7.90. The summed E-state index contributed by atoms with van der Waals surface area (Å²) in [5.74, 6) is 0.0851. The second-order valence-electron chi connectivity index (χ2n) is 5.21. The van der Waals surface area contributed by atoms with Gasteiger partial charge in [0, 0.05) is 11.3 Å². The van der Waals surface area contributed by atoms with Gasteiger partial charge in [-0.05, 0) is 42.3 Å². The first-order chi connectivity index (χ1) is 11.3. The molecule has 0 fully saturated rings. The van der Waals surface area contributed by atoms with Crippen molar-refractivity contribution in [3.63, 3.8) is 0 Å². The maximum atomic E-state index is 12.0. The third-order valence-electron chi connectivity index (χ3n) is 3.33. The topological polar surface area (TPSA) is 72.5 Å². The van der Waals surface area contributed by atoms with Crippen molar-refractivity contribution in [2.75, 3.05) is 18.2 Å². The lowest BCUT2D eigenvalue weighted by Crippen LogP contribution is -2.21. The quantitative estimate of drug-likeness (QED) is 0.850. The minimum atomic E-state index is -3.43. The Morgan fingerprint density at radius 1 is 1.21 bits per heavy atom. The first-order valence-electron chi connectivity index (χ1n) is 7.31. The molecule has 0 spiro atoms. The number of carbonyl (C=O) groups is 1. The third-order valence-corrected chi connectivity index (χ3v) is 4.85. The van der Waals surface area contributed by atoms with E-state index in [0.29, 0.717) is 10.8 Å². The van der Waals surface area contributed by atoms with Gasteiger partial charge in [0.25, 0.3) is 5.91 Å². The van der Waals surface area contributed by atoms with Gasteiger partial charge in [0.05, 0.1) is 10.6 Å². The van der Waals surface area contributed by atoms with E-state index in [-0.39, 0.29) is 17.2 Å². The van der Waals surface area contributed by atoms with Crippen LogP contribution >= 0.6 is 11.6 Å². The van der Waals surface area contributed by atoms with E-state index in [9.17, 15) is 13.2 Å². The first kappa shape index (κ1) is 18.3. The smallest absolute Gasteiger partial charge is 0.262 e. The molecule has 0 aliphatic heterocycles. The van der Waals surface area contributed by atoms with Crippen LogP contribution in [0.2, 0.25) is 5.02 Å². The molecule has 1 N–H and O–H groups in total. The lowest BCUT2D eigenvalue weighted by atomic mass is 10.1. The van der Waals surface area contributed by atoms with Gasteiger partial charge >= 0.3 is 0 Å². The van der Waals surface area contributed by atoms with Crippen molar-refractivity contribution in [1.82, 2.24) is 0 Å². The first-order valence-corrected chi connectivity index (χ1v) is 9.58. The summed E-state index contributed by atoms with van der Waals surface area (Å²) in [6.45, 7) is 1.74. The molecule has 0 heterocycles. The molecule has 0 unspecified atom stereocenters. The monoisotopic (exact) mass is 367 g/mol. The summed E-state index contributed by atoms with van der Waals surface area (Å²) in [6, 6.07) is 11.4. The van der Waals surface area contributed by atoms with Gasteiger partial charge in [-0.15, -0.1) is 0 Å². The van der Waals surface area contributed by atoms with Crippen LogP contribution in [0.25, 0.3) is 0 Å². The van der Waals surface area contributed by atoms with Crippen LogP contribution in [0.5, 0.6) is 5.75 Å². The maximum absolute atomic E-state index is 12.0. The van der Waals surface area contributed by atoms with Crippen molar-refractivity contribution < 1.29 is 17.9 Å². The Hall–Kier alpha value is -2.05. The fourth-order valence-electron chi connectivity index (χ4n) is 2.14. The van der Waals surface area contributed by atoms with Crippen LogP contribution in [0.1, 0.15) is 12.5 Å². The lowest BCUT2D eigenvalue weighted by molar-refractivity contribution is -0.118. The van der Waals surface area contributed by atoms with E-state index < -0.39 is 15.7 Å². The normalized spacial score (nSPS) is 11.1. The van der Waals surface area contributed by atoms with Crippen molar-refractivity contribution in [1.29, 1.82) is 0 Å². The number of nitrogens with one attached hydrogen (secondary N) is 1. The second-order valence-corrected chi connectivity index (χ2v) is 7.60. The Balaban J connectivity index is 2.05. The highest BCUT2D eigenvalue weighted by atomic mass is 35.5. The average molecular weight is 368 g/mol. The van der Waals surface area contributed by atoms with Gasteiger partial charge < -0.3 is 10.1 Å². The van der Waals surface area contributed by atoms with Gasteiger partial charge in [0.2, 0.25) is 0 Å². The standard InChI is InChI=1S/C17H18ClNO4S/c1-3-12-10-13(8-9-14(12)18)23-11-17(20)19-15-6-4-5-7-16(15)24(2,21)22/h4-10H,3,11H2,1-2H3,(H,19,20). The van der Waals surface area contributed by atoms with Crippen LogP contribution in [0.3, 0.4) is 0 Å². The molecule has 0 aliphatic carbocycles. The summed E-state index contributed by atoms with van der Waals surface area (Å²) < 4.78 is 28.9. The van der Waals surface area contributed by atoms with Gasteiger partial charge in [-0.2, -0.15) is 0 Å². The number of amides is 1. The molecular formula is C17H18ClNO4S. The van der Waals surface area contributed by atoms with E-state index in [1.807, 2.05) is 6.92 Å². The Morgan fingerprint density at radius 2 is 1.92 bits per heavy atom. The molecule has 0 saturated carbocycles. The largest absolute Gasteiger partial charge is 0.484 e. The van der Waals surface area contributed by atoms with E-state index in [1.165, 1.54) is 12.1 Å². The van der Waals surface area contributed by atoms with Crippen LogP contribution in [0.4, 0.5) is 5.69 Å². The van der Waals surface area contributed by atoms with E-state index in [2.05, 4.69) is 5.32 Å². The zero-order valence-electron chi connectivity index (χ0n) is 13.4. The Labute approximate surface area is 146 Å². The molecule has 2 aromatic carbocycles. The molecule has 0 aliphatic rings. The van der Waals surface area contributed by atoms with Crippen molar-refractivity contribution >= 4 is 33.0 Å². The summed E-state index contributed by atoms with van der Waals surface area (Å²) in [5, 5.41) is 3.21. The number of hydrogen-bond acceptors (Lipinski definition) is 4. The Bertz CT molecular complexity index is 849. The molecule has 128 valence electrons. The average Bonchev–Trinajstić information content (AvgIpc) is 2.53. The van der Waals surface area contributed by atoms with Crippen LogP contribution in [0.15, 0.2) is 47.4 Å². The van der Waals surface area contributed by atoms with Crippen molar-refractivity contribution in [3.8, 4) is 5.75 Å². The molecule has 0 saturated heterocycles. The summed E-state index contributed by atoms with van der Waals surface area (Å²) >= 11 is 6.03. The predicted molar refractivity (Wildman–Crippen MR) is 94.5 cm³/mol. The van der Waals surface area contributed by atoms with Gasteiger partial charge in [-0.1, -0.05) is 30.7 Å². The molecule has 2 rings (SSSR count). The predicted octanol–water partition coefficient (Wildman–Crippen LogP) is 3.32. The second kappa shape index (κ2) is 7.68. The van der Waals surface area contributed by atoms with Crippen molar-refractivity contribution in [2.24, 2.45) is 0 Å². The van der Waals surface area contributed by atoms with Crippen LogP contribution in [0, 0.1) is 0 Å². The number of aryl methyl sites for hydroxylation is 1. The van der Waals surface area contributed by atoms with Crippen molar-refractivity contribution in [3.05, 3.63) is 53.1 Å². The number of ether oxygens (including phenoxy) is 1. The SMILES string of the molecule is CCc1cc(OCC(=O)Nc2ccccc2S(C)(=O)=O)ccc1Cl. The molecule has 0 bridgehead atoms. The minimum absolute atomic E-state index is 0.0677. The van der Waals surface area contributed by atoms with E-state index in [1.54, 1.807) is 30.3 Å².